The van der Waals surface area contributed by atoms with E-state index in [0.717, 1.165) is 19.0 Å². The Bertz CT molecular complexity index is 162. The highest BCUT2D eigenvalue weighted by Gasteiger charge is 2.20. The van der Waals surface area contributed by atoms with Gasteiger partial charge in [0.1, 0.15) is 0 Å². The van der Waals surface area contributed by atoms with Crippen molar-refractivity contribution in [3.8, 4) is 0 Å². The first-order valence-corrected chi connectivity index (χ1v) is 4.56. The Hall–Kier alpha value is -0.930. The van der Waals surface area contributed by atoms with E-state index in [0.29, 0.717) is 5.96 Å². The predicted octanol–water partition coefficient (Wildman–Crippen LogP) is 0.297. The standard InChI is InChI=1S/C8H18N4/c1-2-12(8(9)11-10)6-7-4-3-5-7/h7H,2-6,10H2,1H3,(H2,9,11). The van der Waals surface area contributed by atoms with Crippen LogP contribution in [0.4, 0.5) is 0 Å². The SMILES string of the molecule is CCN(CC1CCC1)C(N)=NN. The number of guanidine groups is 1. The largest absolute Gasteiger partial charge is 0.368 e. The molecule has 0 aliphatic heterocycles. The van der Waals surface area contributed by atoms with Gasteiger partial charge in [-0.3, -0.25) is 0 Å². The van der Waals surface area contributed by atoms with Gasteiger partial charge in [-0.2, -0.15) is 0 Å². The summed E-state index contributed by atoms with van der Waals surface area (Å²) in [6.45, 7) is 3.97. The van der Waals surface area contributed by atoms with Gasteiger partial charge in [-0.05, 0) is 25.7 Å². The first kappa shape index (κ1) is 9.16. The summed E-state index contributed by atoms with van der Waals surface area (Å²) >= 11 is 0. The lowest BCUT2D eigenvalue weighted by Gasteiger charge is -2.31. The normalized spacial score (nSPS) is 18.9. The van der Waals surface area contributed by atoms with Crippen molar-refractivity contribution in [1.29, 1.82) is 0 Å². The number of hydrogen-bond donors (Lipinski definition) is 2. The molecule has 4 heteroatoms. The van der Waals surface area contributed by atoms with E-state index < -0.39 is 0 Å². The predicted molar refractivity (Wildman–Crippen MR) is 50.4 cm³/mol. The van der Waals surface area contributed by atoms with E-state index in [1.807, 2.05) is 4.90 Å². The molecule has 4 N–H and O–H groups in total. The minimum atomic E-state index is 0.462. The van der Waals surface area contributed by atoms with E-state index >= 15 is 0 Å². The molecular weight excluding hydrogens is 152 g/mol. The van der Waals surface area contributed by atoms with Crippen LogP contribution in [0.25, 0.3) is 0 Å². The molecule has 0 saturated heterocycles. The zero-order chi connectivity index (χ0) is 8.97. The summed E-state index contributed by atoms with van der Waals surface area (Å²) in [6.07, 6.45) is 4.02. The monoisotopic (exact) mass is 170 g/mol. The zero-order valence-electron chi connectivity index (χ0n) is 7.66. The fourth-order valence-corrected chi connectivity index (χ4v) is 1.45. The van der Waals surface area contributed by atoms with Gasteiger partial charge >= 0.3 is 0 Å². The summed E-state index contributed by atoms with van der Waals surface area (Å²) < 4.78 is 0. The Balaban J connectivity index is 2.33. The summed E-state index contributed by atoms with van der Waals surface area (Å²) in [5.74, 6) is 6.38. The average Bonchev–Trinajstić information content (AvgIpc) is 2.02. The minimum absolute atomic E-state index is 0.462. The highest BCUT2D eigenvalue weighted by Crippen LogP contribution is 2.26. The summed E-state index contributed by atoms with van der Waals surface area (Å²) in [5, 5.41) is 3.49. The fourth-order valence-electron chi connectivity index (χ4n) is 1.45. The molecule has 1 aliphatic carbocycles. The van der Waals surface area contributed by atoms with Crippen molar-refractivity contribution in [3.63, 3.8) is 0 Å². The topological polar surface area (TPSA) is 67.6 Å². The van der Waals surface area contributed by atoms with Crippen molar-refractivity contribution < 1.29 is 0 Å². The van der Waals surface area contributed by atoms with Crippen molar-refractivity contribution in [2.24, 2.45) is 22.6 Å². The number of rotatable bonds is 3. The molecule has 0 aromatic carbocycles. The van der Waals surface area contributed by atoms with Crippen molar-refractivity contribution in [2.45, 2.75) is 26.2 Å². The Morgan fingerprint density at radius 1 is 1.58 bits per heavy atom. The maximum Gasteiger partial charge on any atom is 0.213 e. The number of hydrogen-bond acceptors (Lipinski definition) is 2. The second-order valence-corrected chi connectivity index (χ2v) is 3.32. The van der Waals surface area contributed by atoms with Crippen LogP contribution in [0.1, 0.15) is 26.2 Å². The van der Waals surface area contributed by atoms with Crippen LogP contribution in [-0.4, -0.2) is 23.9 Å². The molecule has 0 spiro atoms. The van der Waals surface area contributed by atoms with E-state index in [-0.39, 0.29) is 0 Å². The van der Waals surface area contributed by atoms with Gasteiger partial charge in [0.15, 0.2) is 0 Å². The summed E-state index contributed by atoms with van der Waals surface area (Å²) in [7, 11) is 0. The third-order valence-electron chi connectivity index (χ3n) is 2.54. The molecule has 0 amide bonds. The second-order valence-electron chi connectivity index (χ2n) is 3.32. The molecule has 0 unspecified atom stereocenters. The maximum absolute atomic E-state index is 5.61. The van der Waals surface area contributed by atoms with E-state index in [1.54, 1.807) is 0 Å². The molecule has 0 aromatic heterocycles. The molecule has 0 radical (unpaired) electrons. The van der Waals surface area contributed by atoms with E-state index in [4.69, 9.17) is 11.6 Å². The van der Waals surface area contributed by atoms with Crippen LogP contribution in [0, 0.1) is 5.92 Å². The lowest BCUT2D eigenvalue weighted by molar-refractivity contribution is 0.243. The Morgan fingerprint density at radius 2 is 2.25 bits per heavy atom. The molecule has 0 aromatic rings. The molecule has 12 heavy (non-hydrogen) atoms. The van der Waals surface area contributed by atoms with Crippen LogP contribution in [0.2, 0.25) is 0 Å². The average molecular weight is 170 g/mol. The lowest BCUT2D eigenvalue weighted by Crippen LogP contribution is -2.42. The summed E-state index contributed by atoms with van der Waals surface area (Å²) in [6, 6.07) is 0. The van der Waals surface area contributed by atoms with Crippen LogP contribution in [-0.2, 0) is 0 Å². The highest BCUT2D eigenvalue weighted by molar-refractivity contribution is 5.77. The van der Waals surface area contributed by atoms with Crippen molar-refractivity contribution in [3.05, 3.63) is 0 Å². The number of nitrogens with zero attached hydrogens (tertiary/aromatic N) is 2. The maximum atomic E-state index is 5.61. The van der Waals surface area contributed by atoms with E-state index in [1.165, 1.54) is 19.3 Å². The number of hydrazone groups is 1. The third kappa shape index (κ3) is 2.03. The molecule has 1 aliphatic rings. The summed E-state index contributed by atoms with van der Waals surface area (Å²) in [5.41, 5.74) is 5.61. The quantitative estimate of drug-likeness (QED) is 0.277. The molecule has 0 bridgehead atoms. The fraction of sp³-hybridized carbons (Fsp3) is 0.875. The van der Waals surface area contributed by atoms with Gasteiger partial charge in [0.25, 0.3) is 0 Å². The van der Waals surface area contributed by atoms with Gasteiger partial charge in [-0.25, -0.2) is 0 Å². The molecule has 1 rings (SSSR count). The first-order valence-electron chi connectivity index (χ1n) is 4.56. The molecule has 0 heterocycles. The van der Waals surface area contributed by atoms with Crippen molar-refractivity contribution in [1.82, 2.24) is 4.90 Å². The minimum Gasteiger partial charge on any atom is -0.368 e. The molecule has 0 atom stereocenters. The van der Waals surface area contributed by atoms with E-state index in [9.17, 15) is 0 Å². The van der Waals surface area contributed by atoms with Crippen LogP contribution in [0.15, 0.2) is 5.10 Å². The molecule has 4 nitrogen and oxygen atoms in total. The van der Waals surface area contributed by atoms with Crippen LogP contribution < -0.4 is 11.6 Å². The smallest absolute Gasteiger partial charge is 0.213 e. The molecule has 70 valence electrons. The zero-order valence-corrected chi connectivity index (χ0v) is 7.66. The van der Waals surface area contributed by atoms with Gasteiger partial charge in [-0.1, -0.05) is 6.42 Å². The van der Waals surface area contributed by atoms with Gasteiger partial charge in [0.05, 0.1) is 0 Å². The van der Waals surface area contributed by atoms with Gasteiger partial charge in [0, 0.05) is 13.1 Å². The van der Waals surface area contributed by atoms with Crippen LogP contribution in [0.3, 0.4) is 0 Å². The molecule has 1 fully saturated rings. The lowest BCUT2D eigenvalue weighted by atomic mass is 9.85. The first-order chi connectivity index (χ1) is 5.77. The van der Waals surface area contributed by atoms with E-state index in [2.05, 4.69) is 12.0 Å². The van der Waals surface area contributed by atoms with Crippen LogP contribution >= 0.6 is 0 Å². The Kier molecular flexibility index (Phi) is 3.19. The van der Waals surface area contributed by atoms with Crippen LogP contribution in [0.5, 0.6) is 0 Å². The van der Waals surface area contributed by atoms with Gasteiger partial charge < -0.3 is 16.5 Å². The highest BCUT2D eigenvalue weighted by atomic mass is 15.3. The summed E-state index contributed by atoms with van der Waals surface area (Å²) in [4.78, 5) is 2.03. The molecule has 1 saturated carbocycles. The Morgan fingerprint density at radius 3 is 2.58 bits per heavy atom. The van der Waals surface area contributed by atoms with Gasteiger partial charge in [0.2, 0.25) is 5.96 Å². The van der Waals surface area contributed by atoms with Gasteiger partial charge in [-0.15, -0.1) is 5.10 Å². The molecular formula is C8H18N4. The Labute approximate surface area is 73.6 Å². The van der Waals surface area contributed by atoms with Crippen molar-refractivity contribution >= 4 is 5.96 Å². The van der Waals surface area contributed by atoms with Crippen molar-refractivity contribution in [2.75, 3.05) is 13.1 Å². The second kappa shape index (κ2) is 4.18. The third-order valence-corrected chi connectivity index (χ3v) is 2.54. The number of nitrogens with two attached hydrogens (primary N) is 2.